The average molecular weight is 207 g/mol. The predicted octanol–water partition coefficient (Wildman–Crippen LogP) is 0.168. The highest BCUT2D eigenvalue weighted by Gasteiger charge is 2.21. The number of likely N-dealkylation sites (N-methyl/N-ethyl adjacent to an activating group) is 1. The number of hydrogen-bond acceptors (Lipinski definition) is 4. The third kappa shape index (κ3) is 1.61. The van der Waals surface area contributed by atoms with Gasteiger partial charge in [-0.15, -0.1) is 0 Å². The van der Waals surface area contributed by atoms with E-state index in [0.29, 0.717) is 11.5 Å². The lowest BCUT2D eigenvalue weighted by Crippen LogP contribution is -2.36. The minimum absolute atomic E-state index is 0.0308. The Morgan fingerprint density at radius 2 is 2.33 bits per heavy atom. The fourth-order valence-electron chi connectivity index (χ4n) is 1.44. The molecule has 2 heterocycles. The summed E-state index contributed by atoms with van der Waals surface area (Å²) in [5.41, 5.74) is 0.510. The fourth-order valence-corrected chi connectivity index (χ4v) is 1.44. The SMILES string of the molecule is CN1CC(=O)Nc2ccc(C(=O)O)nc21. The summed E-state index contributed by atoms with van der Waals surface area (Å²) >= 11 is 0. The third-order valence-electron chi connectivity index (χ3n) is 2.11. The quantitative estimate of drug-likeness (QED) is 0.685. The van der Waals surface area contributed by atoms with Crippen molar-refractivity contribution in [3.63, 3.8) is 0 Å². The van der Waals surface area contributed by atoms with Gasteiger partial charge in [0.2, 0.25) is 5.91 Å². The Labute approximate surface area is 85.5 Å². The van der Waals surface area contributed by atoms with Gasteiger partial charge in [0, 0.05) is 7.05 Å². The molecule has 0 fully saturated rings. The van der Waals surface area contributed by atoms with Crippen LogP contribution in [0.25, 0.3) is 0 Å². The molecule has 6 nitrogen and oxygen atoms in total. The molecule has 1 amide bonds. The summed E-state index contributed by atoms with van der Waals surface area (Å²) in [6, 6.07) is 2.90. The Morgan fingerprint density at radius 3 is 3.00 bits per heavy atom. The summed E-state index contributed by atoms with van der Waals surface area (Å²) in [4.78, 5) is 27.4. The zero-order valence-electron chi connectivity index (χ0n) is 8.02. The maximum atomic E-state index is 11.2. The number of rotatable bonds is 1. The number of anilines is 2. The van der Waals surface area contributed by atoms with Crippen molar-refractivity contribution in [2.24, 2.45) is 0 Å². The van der Waals surface area contributed by atoms with E-state index in [1.54, 1.807) is 18.0 Å². The number of nitrogens with one attached hydrogen (secondary N) is 1. The van der Waals surface area contributed by atoms with Crippen molar-refractivity contribution in [2.75, 3.05) is 23.8 Å². The zero-order chi connectivity index (χ0) is 11.0. The number of aromatic carboxylic acids is 1. The first kappa shape index (κ1) is 9.45. The molecular weight excluding hydrogens is 198 g/mol. The van der Waals surface area contributed by atoms with E-state index in [-0.39, 0.29) is 18.1 Å². The first-order chi connectivity index (χ1) is 7.08. The molecule has 2 N–H and O–H groups in total. The molecule has 0 aliphatic carbocycles. The monoisotopic (exact) mass is 207 g/mol. The van der Waals surface area contributed by atoms with Gasteiger partial charge in [-0.05, 0) is 12.1 Å². The van der Waals surface area contributed by atoms with Crippen molar-refractivity contribution in [1.82, 2.24) is 4.98 Å². The Balaban J connectivity index is 2.48. The second-order valence-corrected chi connectivity index (χ2v) is 3.28. The third-order valence-corrected chi connectivity index (χ3v) is 2.11. The van der Waals surface area contributed by atoms with Crippen molar-refractivity contribution in [3.05, 3.63) is 17.8 Å². The minimum atomic E-state index is -1.08. The Morgan fingerprint density at radius 1 is 1.60 bits per heavy atom. The normalized spacial score (nSPS) is 14.5. The van der Waals surface area contributed by atoms with E-state index in [1.165, 1.54) is 6.07 Å². The second-order valence-electron chi connectivity index (χ2n) is 3.28. The molecule has 78 valence electrons. The van der Waals surface area contributed by atoms with E-state index in [9.17, 15) is 9.59 Å². The molecule has 1 aromatic rings. The van der Waals surface area contributed by atoms with Gasteiger partial charge in [0.25, 0.3) is 0 Å². The molecule has 1 aliphatic rings. The van der Waals surface area contributed by atoms with Crippen LogP contribution in [0.3, 0.4) is 0 Å². The predicted molar refractivity (Wildman–Crippen MR) is 53.1 cm³/mol. The van der Waals surface area contributed by atoms with E-state index in [0.717, 1.165) is 0 Å². The van der Waals surface area contributed by atoms with Crippen LogP contribution in [0.15, 0.2) is 12.1 Å². The summed E-state index contributed by atoms with van der Waals surface area (Å²) in [6.45, 7) is 0.184. The number of hydrogen-bond donors (Lipinski definition) is 2. The molecule has 0 unspecified atom stereocenters. The molecule has 1 aliphatic heterocycles. The van der Waals surface area contributed by atoms with E-state index < -0.39 is 5.97 Å². The Kier molecular flexibility index (Phi) is 2.03. The van der Waals surface area contributed by atoms with E-state index >= 15 is 0 Å². The highest BCUT2D eigenvalue weighted by Crippen LogP contribution is 2.25. The van der Waals surface area contributed by atoms with Crippen LogP contribution >= 0.6 is 0 Å². The van der Waals surface area contributed by atoms with Crippen LogP contribution in [-0.4, -0.2) is 35.6 Å². The Hall–Kier alpha value is -2.11. The number of carbonyl (C=O) groups excluding carboxylic acids is 1. The van der Waals surface area contributed by atoms with Crippen LogP contribution in [0.5, 0.6) is 0 Å². The fraction of sp³-hybridized carbons (Fsp3) is 0.222. The molecule has 0 spiro atoms. The van der Waals surface area contributed by atoms with Gasteiger partial charge in [-0.3, -0.25) is 4.79 Å². The van der Waals surface area contributed by atoms with E-state index in [1.807, 2.05) is 0 Å². The van der Waals surface area contributed by atoms with Crippen LogP contribution in [-0.2, 0) is 4.79 Å². The number of aromatic nitrogens is 1. The minimum Gasteiger partial charge on any atom is -0.477 e. The average Bonchev–Trinajstić information content (AvgIpc) is 2.16. The van der Waals surface area contributed by atoms with Crippen LogP contribution in [0, 0.1) is 0 Å². The highest BCUT2D eigenvalue weighted by molar-refractivity contribution is 6.00. The zero-order valence-corrected chi connectivity index (χ0v) is 8.02. The summed E-state index contributed by atoms with van der Waals surface area (Å²) < 4.78 is 0. The van der Waals surface area contributed by atoms with Gasteiger partial charge in [-0.2, -0.15) is 0 Å². The summed E-state index contributed by atoms with van der Waals surface area (Å²) in [7, 11) is 1.69. The van der Waals surface area contributed by atoms with Crippen molar-refractivity contribution < 1.29 is 14.7 Å². The van der Waals surface area contributed by atoms with E-state index in [2.05, 4.69) is 10.3 Å². The molecule has 0 bridgehead atoms. The first-order valence-corrected chi connectivity index (χ1v) is 4.33. The van der Waals surface area contributed by atoms with Crippen molar-refractivity contribution >= 4 is 23.4 Å². The molecule has 0 aromatic carbocycles. The van der Waals surface area contributed by atoms with Gasteiger partial charge in [-0.25, -0.2) is 9.78 Å². The van der Waals surface area contributed by atoms with Crippen molar-refractivity contribution in [2.45, 2.75) is 0 Å². The van der Waals surface area contributed by atoms with Crippen molar-refractivity contribution in [1.29, 1.82) is 0 Å². The number of fused-ring (bicyclic) bond motifs is 1. The summed E-state index contributed by atoms with van der Waals surface area (Å²) in [6.07, 6.45) is 0. The lowest BCUT2D eigenvalue weighted by atomic mass is 10.2. The molecule has 1 aromatic heterocycles. The van der Waals surface area contributed by atoms with Gasteiger partial charge in [0.15, 0.2) is 11.5 Å². The van der Waals surface area contributed by atoms with Gasteiger partial charge < -0.3 is 15.3 Å². The van der Waals surface area contributed by atoms with Crippen LogP contribution < -0.4 is 10.2 Å². The highest BCUT2D eigenvalue weighted by atomic mass is 16.4. The maximum absolute atomic E-state index is 11.2. The van der Waals surface area contributed by atoms with Crippen LogP contribution in [0.2, 0.25) is 0 Å². The first-order valence-electron chi connectivity index (χ1n) is 4.33. The second kappa shape index (κ2) is 3.23. The number of carboxylic acids is 1. The standard InChI is InChI=1S/C9H9N3O3/c1-12-4-7(13)10-5-2-3-6(9(14)15)11-8(5)12/h2-3H,4H2,1H3,(H,10,13)(H,14,15). The van der Waals surface area contributed by atoms with Crippen LogP contribution in [0.1, 0.15) is 10.5 Å². The largest absolute Gasteiger partial charge is 0.477 e. The maximum Gasteiger partial charge on any atom is 0.354 e. The Bertz CT molecular complexity index is 444. The number of nitrogens with zero attached hydrogens (tertiary/aromatic N) is 2. The van der Waals surface area contributed by atoms with Crippen molar-refractivity contribution in [3.8, 4) is 0 Å². The molecule has 2 rings (SSSR count). The molecule has 6 heteroatoms. The van der Waals surface area contributed by atoms with Gasteiger partial charge in [0.05, 0.1) is 12.2 Å². The summed E-state index contributed by atoms with van der Waals surface area (Å²) in [5.74, 6) is -0.729. The topological polar surface area (TPSA) is 82.5 Å². The molecular formula is C9H9N3O3. The van der Waals surface area contributed by atoms with Gasteiger partial charge >= 0.3 is 5.97 Å². The van der Waals surface area contributed by atoms with Gasteiger partial charge in [-0.1, -0.05) is 0 Å². The number of amides is 1. The van der Waals surface area contributed by atoms with E-state index in [4.69, 9.17) is 5.11 Å². The lowest BCUT2D eigenvalue weighted by Gasteiger charge is -2.25. The number of pyridine rings is 1. The molecule has 0 atom stereocenters. The molecule has 0 saturated heterocycles. The molecule has 0 saturated carbocycles. The lowest BCUT2D eigenvalue weighted by molar-refractivity contribution is -0.115. The van der Waals surface area contributed by atoms with Gasteiger partial charge in [0.1, 0.15) is 0 Å². The van der Waals surface area contributed by atoms with Crippen LogP contribution in [0.4, 0.5) is 11.5 Å². The number of carbonyl (C=O) groups is 2. The molecule has 0 radical (unpaired) electrons. The molecule has 15 heavy (non-hydrogen) atoms. The smallest absolute Gasteiger partial charge is 0.354 e. The number of carboxylic acid groups (broad SMARTS) is 1. The summed E-state index contributed by atoms with van der Waals surface area (Å²) in [5, 5.41) is 11.4.